The molecular formula is C15H28O2Si. The number of hydrogen-bond acceptors (Lipinski definition) is 2. The van der Waals surface area contributed by atoms with E-state index in [0.717, 1.165) is 0 Å². The molecule has 1 saturated carbocycles. The van der Waals surface area contributed by atoms with E-state index in [0.29, 0.717) is 12.0 Å². The van der Waals surface area contributed by atoms with Crippen molar-refractivity contribution in [3.63, 3.8) is 0 Å². The van der Waals surface area contributed by atoms with Gasteiger partial charge in [0.05, 0.1) is 8.07 Å². The van der Waals surface area contributed by atoms with Gasteiger partial charge in [0.2, 0.25) is 0 Å². The summed E-state index contributed by atoms with van der Waals surface area (Å²) in [7, 11) is -1.34. The van der Waals surface area contributed by atoms with Crippen LogP contribution in [0.3, 0.4) is 0 Å². The minimum Gasteiger partial charge on any atom is -0.459 e. The van der Waals surface area contributed by atoms with Crippen LogP contribution in [0.25, 0.3) is 0 Å². The first-order chi connectivity index (χ1) is 8.37. The minimum absolute atomic E-state index is 0.0324. The molecule has 1 aliphatic rings. The van der Waals surface area contributed by atoms with Crippen molar-refractivity contribution in [3.05, 3.63) is 12.2 Å². The SMILES string of the molecule is C[C@@H](/C=C/C1CCCCC1)OC(=O)C[Si](C)(C)C. The van der Waals surface area contributed by atoms with Crippen LogP contribution >= 0.6 is 0 Å². The number of esters is 1. The lowest BCUT2D eigenvalue weighted by Gasteiger charge is -2.19. The van der Waals surface area contributed by atoms with Crippen LogP contribution in [-0.2, 0) is 9.53 Å². The van der Waals surface area contributed by atoms with Gasteiger partial charge >= 0.3 is 5.97 Å². The van der Waals surface area contributed by atoms with Crippen molar-refractivity contribution in [1.29, 1.82) is 0 Å². The molecule has 1 fully saturated rings. The molecule has 0 N–H and O–H groups in total. The van der Waals surface area contributed by atoms with Gasteiger partial charge in [0, 0.05) is 6.04 Å². The fourth-order valence-electron chi connectivity index (χ4n) is 2.36. The molecule has 1 rings (SSSR count). The molecule has 2 nitrogen and oxygen atoms in total. The van der Waals surface area contributed by atoms with Crippen molar-refractivity contribution in [2.75, 3.05) is 0 Å². The summed E-state index contributed by atoms with van der Waals surface area (Å²) in [5, 5.41) is 0. The van der Waals surface area contributed by atoms with Crippen LogP contribution in [0.2, 0.25) is 25.7 Å². The Morgan fingerprint density at radius 3 is 2.44 bits per heavy atom. The maximum atomic E-state index is 11.7. The highest BCUT2D eigenvalue weighted by atomic mass is 28.3. The maximum Gasteiger partial charge on any atom is 0.303 e. The van der Waals surface area contributed by atoms with Gasteiger partial charge in [0.15, 0.2) is 0 Å². The summed E-state index contributed by atoms with van der Waals surface area (Å²) >= 11 is 0. The number of ether oxygens (including phenoxy) is 1. The Morgan fingerprint density at radius 2 is 1.89 bits per heavy atom. The molecule has 0 aromatic rings. The first-order valence-corrected chi connectivity index (χ1v) is 11.0. The molecule has 0 aromatic heterocycles. The van der Waals surface area contributed by atoms with Gasteiger partial charge in [-0.15, -0.1) is 0 Å². The van der Waals surface area contributed by atoms with Crippen LogP contribution in [0.15, 0.2) is 12.2 Å². The van der Waals surface area contributed by atoms with Crippen molar-refractivity contribution in [2.45, 2.75) is 70.8 Å². The van der Waals surface area contributed by atoms with Gasteiger partial charge in [-0.05, 0) is 31.8 Å². The molecule has 0 bridgehead atoms. The monoisotopic (exact) mass is 268 g/mol. The van der Waals surface area contributed by atoms with Gasteiger partial charge in [0.1, 0.15) is 6.10 Å². The third-order valence-electron chi connectivity index (χ3n) is 3.30. The fraction of sp³-hybridized carbons (Fsp3) is 0.800. The van der Waals surface area contributed by atoms with Crippen LogP contribution in [0.5, 0.6) is 0 Å². The second kappa shape index (κ2) is 7.12. The molecule has 1 atom stereocenters. The van der Waals surface area contributed by atoms with E-state index in [-0.39, 0.29) is 12.1 Å². The Hall–Kier alpha value is -0.573. The summed E-state index contributed by atoms with van der Waals surface area (Å²) in [5.74, 6) is 0.673. The minimum atomic E-state index is -1.34. The van der Waals surface area contributed by atoms with Crippen molar-refractivity contribution in [1.82, 2.24) is 0 Å². The summed E-state index contributed by atoms with van der Waals surface area (Å²) in [5.41, 5.74) is 0. The lowest BCUT2D eigenvalue weighted by Crippen LogP contribution is -2.26. The summed E-state index contributed by atoms with van der Waals surface area (Å²) in [4.78, 5) is 11.7. The summed E-state index contributed by atoms with van der Waals surface area (Å²) in [6, 6.07) is 0.620. The number of rotatable bonds is 5. The van der Waals surface area contributed by atoms with E-state index in [1.807, 2.05) is 6.92 Å². The number of hydrogen-bond donors (Lipinski definition) is 0. The van der Waals surface area contributed by atoms with E-state index in [2.05, 4.69) is 31.8 Å². The second-order valence-electron chi connectivity index (χ2n) is 6.72. The first kappa shape index (κ1) is 15.5. The van der Waals surface area contributed by atoms with E-state index in [1.165, 1.54) is 32.1 Å². The molecule has 0 spiro atoms. The summed E-state index contributed by atoms with van der Waals surface area (Å²) in [6.45, 7) is 8.53. The predicted molar refractivity (Wildman–Crippen MR) is 79.4 cm³/mol. The zero-order valence-corrected chi connectivity index (χ0v) is 13.4. The molecular weight excluding hydrogens is 240 g/mol. The Kier molecular flexibility index (Phi) is 6.13. The first-order valence-electron chi connectivity index (χ1n) is 7.24. The van der Waals surface area contributed by atoms with Crippen LogP contribution in [-0.4, -0.2) is 20.1 Å². The molecule has 0 saturated heterocycles. The van der Waals surface area contributed by atoms with Gasteiger partial charge in [-0.25, -0.2) is 0 Å². The topological polar surface area (TPSA) is 26.3 Å². The quantitative estimate of drug-likeness (QED) is 0.420. The molecule has 3 heteroatoms. The molecule has 0 radical (unpaired) electrons. The van der Waals surface area contributed by atoms with E-state index in [9.17, 15) is 4.79 Å². The van der Waals surface area contributed by atoms with Gasteiger partial charge in [-0.2, -0.15) is 0 Å². The Morgan fingerprint density at radius 1 is 1.28 bits per heavy atom. The van der Waals surface area contributed by atoms with Crippen molar-refractivity contribution >= 4 is 14.0 Å². The summed E-state index contributed by atoms with van der Waals surface area (Å²) in [6.07, 6.45) is 10.9. The Bertz CT molecular complexity index is 285. The van der Waals surface area contributed by atoms with Crippen molar-refractivity contribution in [2.24, 2.45) is 5.92 Å². The lowest BCUT2D eigenvalue weighted by atomic mass is 9.89. The molecule has 0 heterocycles. The third kappa shape index (κ3) is 6.99. The smallest absolute Gasteiger partial charge is 0.303 e. The van der Waals surface area contributed by atoms with E-state index >= 15 is 0 Å². The van der Waals surface area contributed by atoms with Gasteiger partial charge in [-0.1, -0.05) is 45.0 Å². The van der Waals surface area contributed by atoms with Crippen molar-refractivity contribution in [3.8, 4) is 0 Å². The third-order valence-corrected chi connectivity index (χ3v) is 4.65. The number of carbonyl (C=O) groups is 1. The van der Waals surface area contributed by atoms with E-state index in [4.69, 9.17) is 4.74 Å². The predicted octanol–water partition coefficient (Wildman–Crippen LogP) is 4.39. The number of allylic oxidation sites excluding steroid dienone is 1. The largest absolute Gasteiger partial charge is 0.459 e. The molecule has 0 aliphatic heterocycles. The Balaban J connectivity index is 2.29. The van der Waals surface area contributed by atoms with Crippen LogP contribution in [0.1, 0.15) is 39.0 Å². The van der Waals surface area contributed by atoms with Gasteiger partial charge in [0.25, 0.3) is 0 Å². The van der Waals surface area contributed by atoms with Crippen molar-refractivity contribution < 1.29 is 9.53 Å². The van der Waals surface area contributed by atoms with Crippen LogP contribution in [0, 0.1) is 5.92 Å². The molecule has 0 amide bonds. The fourth-order valence-corrected chi connectivity index (χ4v) is 3.31. The standard InChI is InChI=1S/C15H28O2Si/c1-13(17-15(16)12-18(2,3)4)10-11-14-8-6-5-7-9-14/h10-11,13-14H,5-9,12H2,1-4H3/b11-10+/t13-/m0/s1. The molecule has 1 aliphatic carbocycles. The van der Waals surface area contributed by atoms with Crippen LogP contribution < -0.4 is 0 Å². The van der Waals surface area contributed by atoms with Gasteiger partial charge in [-0.3, -0.25) is 4.79 Å². The highest BCUT2D eigenvalue weighted by molar-refractivity contribution is 6.78. The zero-order valence-electron chi connectivity index (χ0n) is 12.4. The highest BCUT2D eigenvalue weighted by Gasteiger charge is 2.20. The molecule has 104 valence electrons. The zero-order chi connectivity index (χ0) is 13.6. The normalized spacial score (nSPS) is 20.0. The molecule has 0 aromatic carbocycles. The van der Waals surface area contributed by atoms with E-state index in [1.54, 1.807) is 0 Å². The highest BCUT2D eigenvalue weighted by Crippen LogP contribution is 2.24. The van der Waals surface area contributed by atoms with Crippen LogP contribution in [0.4, 0.5) is 0 Å². The lowest BCUT2D eigenvalue weighted by molar-refractivity contribution is -0.143. The number of carbonyl (C=O) groups excluding carboxylic acids is 1. The summed E-state index contributed by atoms with van der Waals surface area (Å²) < 4.78 is 5.43. The van der Waals surface area contributed by atoms with Gasteiger partial charge < -0.3 is 4.74 Å². The maximum absolute atomic E-state index is 11.7. The Labute approximate surface area is 113 Å². The average molecular weight is 268 g/mol. The molecule has 18 heavy (non-hydrogen) atoms. The average Bonchev–Trinajstić information content (AvgIpc) is 2.25. The second-order valence-corrected chi connectivity index (χ2v) is 12.2. The molecule has 0 unspecified atom stereocenters. The van der Waals surface area contributed by atoms with E-state index < -0.39 is 8.07 Å².